The predicted molar refractivity (Wildman–Crippen MR) is 113 cm³/mol. The van der Waals surface area contributed by atoms with Gasteiger partial charge in [0.15, 0.2) is 0 Å². The van der Waals surface area contributed by atoms with E-state index in [0.29, 0.717) is 0 Å². The van der Waals surface area contributed by atoms with Gasteiger partial charge in [-0.1, -0.05) is 95.2 Å². The second-order valence-corrected chi connectivity index (χ2v) is 7.53. The summed E-state index contributed by atoms with van der Waals surface area (Å²) >= 11 is 0. The maximum Gasteiger partial charge on any atom is 0.149 e. The molecular formula is C23H43NO. The van der Waals surface area contributed by atoms with Crippen molar-refractivity contribution in [3.63, 3.8) is 0 Å². The number of carbonyl (C=O) groups excluding carboxylic acids is 1. The molecule has 2 N–H and O–H groups in total. The third-order valence-electron chi connectivity index (χ3n) is 4.11. The first-order valence-corrected chi connectivity index (χ1v) is 9.95. The summed E-state index contributed by atoms with van der Waals surface area (Å²) in [5.41, 5.74) is 9.16. The molecule has 2 nitrogen and oxygen atoms in total. The number of aryl methyl sites for hydroxylation is 3. The molecule has 0 amide bonds. The van der Waals surface area contributed by atoms with Crippen molar-refractivity contribution in [3.05, 3.63) is 34.9 Å². The number of hydrogen-bond donors (Lipinski definition) is 1. The van der Waals surface area contributed by atoms with E-state index in [4.69, 9.17) is 5.73 Å². The molecule has 0 aliphatic heterocycles. The van der Waals surface area contributed by atoms with E-state index in [1.54, 1.807) is 0 Å². The molecule has 1 atom stereocenters. The van der Waals surface area contributed by atoms with Crippen molar-refractivity contribution in [2.24, 2.45) is 17.6 Å². The molecule has 25 heavy (non-hydrogen) atoms. The second kappa shape index (κ2) is 16.3. The van der Waals surface area contributed by atoms with E-state index in [9.17, 15) is 4.79 Å². The van der Waals surface area contributed by atoms with Crippen LogP contribution >= 0.6 is 0 Å². The molecule has 0 radical (unpaired) electrons. The Hall–Kier alpha value is -1.15. The van der Waals surface area contributed by atoms with Crippen LogP contribution < -0.4 is 5.73 Å². The highest BCUT2D eigenvalue weighted by atomic mass is 16.1. The van der Waals surface area contributed by atoms with Crippen LogP contribution in [0.15, 0.2) is 18.2 Å². The van der Waals surface area contributed by atoms with Crippen molar-refractivity contribution in [3.8, 4) is 0 Å². The van der Waals surface area contributed by atoms with Crippen LogP contribution in [0.1, 0.15) is 83.4 Å². The first-order valence-electron chi connectivity index (χ1n) is 9.95. The maximum atomic E-state index is 10.6. The maximum absolute atomic E-state index is 10.6. The molecule has 0 bridgehead atoms. The van der Waals surface area contributed by atoms with Crippen LogP contribution in [0.2, 0.25) is 0 Å². The third kappa shape index (κ3) is 17.5. The summed E-state index contributed by atoms with van der Waals surface area (Å²) in [6.07, 6.45) is 6.50. The van der Waals surface area contributed by atoms with Gasteiger partial charge in [0.1, 0.15) is 5.78 Å². The van der Waals surface area contributed by atoms with Gasteiger partial charge in [0, 0.05) is 5.92 Å². The summed E-state index contributed by atoms with van der Waals surface area (Å²) in [6.45, 7) is 17.3. The van der Waals surface area contributed by atoms with Crippen molar-refractivity contribution in [2.45, 2.75) is 87.5 Å². The number of unbranched alkanes of at least 4 members (excludes halogenated alkanes) is 2. The summed E-state index contributed by atoms with van der Waals surface area (Å²) in [5.74, 6) is 1.22. The highest BCUT2D eigenvalue weighted by Gasteiger charge is 2.06. The minimum Gasteiger partial charge on any atom is -0.324 e. The normalized spacial score (nSPS) is 11.1. The quantitative estimate of drug-likeness (QED) is 0.579. The Labute approximate surface area is 157 Å². The number of Topliss-reactive ketones (excluding diaryl/α,β-unsaturated/α-hetero) is 1. The van der Waals surface area contributed by atoms with Crippen molar-refractivity contribution < 1.29 is 4.79 Å². The van der Waals surface area contributed by atoms with E-state index in [-0.39, 0.29) is 18.2 Å². The number of ketones is 1. The van der Waals surface area contributed by atoms with Gasteiger partial charge in [-0.25, -0.2) is 0 Å². The Bertz CT molecular complexity index is 401. The summed E-state index contributed by atoms with van der Waals surface area (Å²) < 4.78 is 0. The van der Waals surface area contributed by atoms with Crippen molar-refractivity contribution >= 4 is 5.78 Å². The SMILES string of the molecule is CCC(C)C(=O)CN.CCCCCC(C)C.Cc1cc(C)cc(C)c1. The molecule has 0 saturated heterocycles. The number of nitrogens with two attached hydrogens (primary N) is 1. The molecule has 0 aliphatic carbocycles. The highest BCUT2D eigenvalue weighted by molar-refractivity contribution is 5.82. The van der Waals surface area contributed by atoms with Gasteiger partial charge in [-0.05, 0) is 33.1 Å². The van der Waals surface area contributed by atoms with E-state index in [0.717, 1.165) is 12.3 Å². The van der Waals surface area contributed by atoms with E-state index in [1.165, 1.54) is 42.4 Å². The van der Waals surface area contributed by atoms with Crippen LogP contribution in [0.5, 0.6) is 0 Å². The van der Waals surface area contributed by atoms with E-state index in [1.807, 2.05) is 13.8 Å². The van der Waals surface area contributed by atoms with Crippen LogP contribution in [0.25, 0.3) is 0 Å². The molecule has 1 aromatic carbocycles. The van der Waals surface area contributed by atoms with Crippen LogP contribution in [-0.2, 0) is 4.79 Å². The summed E-state index contributed by atoms with van der Waals surface area (Å²) in [6, 6.07) is 6.56. The molecule has 1 unspecified atom stereocenters. The van der Waals surface area contributed by atoms with Gasteiger partial charge in [0.2, 0.25) is 0 Å². The molecule has 0 aliphatic rings. The highest BCUT2D eigenvalue weighted by Crippen LogP contribution is 2.07. The van der Waals surface area contributed by atoms with Gasteiger partial charge >= 0.3 is 0 Å². The van der Waals surface area contributed by atoms with Gasteiger partial charge < -0.3 is 5.73 Å². The lowest BCUT2D eigenvalue weighted by atomic mass is 10.0. The predicted octanol–water partition coefficient (Wildman–Crippen LogP) is 6.39. The zero-order valence-corrected chi connectivity index (χ0v) is 18.1. The molecule has 0 fully saturated rings. The largest absolute Gasteiger partial charge is 0.324 e. The first kappa shape index (κ1) is 26.1. The summed E-state index contributed by atoms with van der Waals surface area (Å²) in [4.78, 5) is 10.6. The molecule has 1 aromatic rings. The molecule has 2 heteroatoms. The molecule has 146 valence electrons. The lowest BCUT2D eigenvalue weighted by Crippen LogP contribution is -2.20. The van der Waals surface area contributed by atoms with E-state index >= 15 is 0 Å². The van der Waals surface area contributed by atoms with Gasteiger partial charge in [0.05, 0.1) is 6.54 Å². The molecule has 1 rings (SSSR count). The Morgan fingerprint density at radius 1 is 0.920 bits per heavy atom. The molecule has 0 aromatic heterocycles. The van der Waals surface area contributed by atoms with E-state index in [2.05, 4.69) is 59.7 Å². The monoisotopic (exact) mass is 349 g/mol. The number of hydrogen-bond acceptors (Lipinski definition) is 2. The zero-order valence-electron chi connectivity index (χ0n) is 18.1. The van der Waals surface area contributed by atoms with Gasteiger partial charge in [0.25, 0.3) is 0 Å². The molecule has 0 heterocycles. The van der Waals surface area contributed by atoms with Crippen molar-refractivity contribution in [1.29, 1.82) is 0 Å². The van der Waals surface area contributed by atoms with E-state index < -0.39 is 0 Å². The van der Waals surface area contributed by atoms with Gasteiger partial charge in [-0.2, -0.15) is 0 Å². The summed E-state index contributed by atoms with van der Waals surface area (Å²) in [7, 11) is 0. The molecular weight excluding hydrogens is 306 g/mol. The zero-order chi connectivity index (χ0) is 19.8. The topological polar surface area (TPSA) is 43.1 Å². The standard InChI is InChI=1S/C9H12.C8H18.C6H13NO/c1-7-4-8(2)6-9(3)5-7;1-4-5-6-7-8(2)3;1-3-5(2)6(8)4-7/h4-6H,1-3H3;8H,4-7H2,1-3H3;5H,3-4,7H2,1-2H3. The fourth-order valence-corrected chi connectivity index (χ4v) is 2.43. The Morgan fingerprint density at radius 2 is 1.36 bits per heavy atom. The average molecular weight is 350 g/mol. The lowest BCUT2D eigenvalue weighted by molar-refractivity contribution is -0.121. The average Bonchev–Trinajstić information content (AvgIpc) is 2.53. The molecule has 0 saturated carbocycles. The number of benzene rings is 1. The fourth-order valence-electron chi connectivity index (χ4n) is 2.43. The van der Waals surface area contributed by atoms with Gasteiger partial charge in [-0.15, -0.1) is 0 Å². The summed E-state index contributed by atoms with van der Waals surface area (Å²) in [5, 5.41) is 0. The smallest absolute Gasteiger partial charge is 0.149 e. The van der Waals surface area contributed by atoms with Crippen LogP contribution in [-0.4, -0.2) is 12.3 Å². The fraction of sp³-hybridized carbons (Fsp3) is 0.696. The molecule has 0 spiro atoms. The minimum atomic E-state index is 0.153. The van der Waals surface area contributed by atoms with Crippen LogP contribution in [0.4, 0.5) is 0 Å². The number of rotatable bonds is 7. The Kier molecular flexibility index (Phi) is 17.0. The first-order chi connectivity index (χ1) is 11.7. The Morgan fingerprint density at radius 3 is 1.60 bits per heavy atom. The second-order valence-electron chi connectivity index (χ2n) is 7.53. The van der Waals surface area contributed by atoms with Crippen molar-refractivity contribution in [1.82, 2.24) is 0 Å². The minimum absolute atomic E-state index is 0.153. The third-order valence-corrected chi connectivity index (χ3v) is 4.11. The number of carbonyl (C=O) groups is 1. The van der Waals surface area contributed by atoms with Crippen molar-refractivity contribution in [2.75, 3.05) is 6.54 Å². The van der Waals surface area contributed by atoms with Crippen LogP contribution in [0.3, 0.4) is 0 Å². The van der Waals surface area contributed by atoms with Crippen LogP contribution in [0, 0.1) is 32.6 Å². The lowest BCUT2D eigenvalue weighted by Gasteiger charge is -2.01. The van der Waals surface area contributed by atoms with Gasteiger partial charge in [-0.3, -0.25) is 4.79 Å². The Balaban J connectivity index is 0.